The van der Waals surface area contributed by atoms with Crippen molar-refractivity contribution in [2.45, 2.75) is 29.3 Å². The van der Waals surface area contributed by atoms with E-state index in [0.717, 1.165) is 0 Å². The van der Waals surface area contributed by atoms with Crippen LogP contribution in [0.1, 0.15) is 6.42 Å². The van der Waals surface area contributed by atoms with Gasteiger partial charge in [0, 0.05) is 6.42 Å². The van der Waals surface area contributed by atoms with E-state index in [4.69, 9.17) is 0 Å². The van der Waals surface area contributed by atoms with Gasteiger partial charge in [-0.2, -0.15) is 13.2 Å². The molecule has 0 aromatic carbocycles. The van der Waals surface area contributed by atoms with Crippen molar-refractivity contribution in [2.24, 2.45) is 0 Å². The molecular formula is C5H4F6S. The van der Waals surface area contributed by atoms with Gasteiger partial charge in [0.05, 0.1) is 0 Å². The van der Waals surface area contributed by atoms with Crippen LogP contribution in [0.5, 0.6) is 0 Å². The molecule has 0 N–H and O–H groups in total. The summed E-state index contributed by atoms with van der Waals surface area (Å²) in [4.78, 5) is 0. The van der Waals surface area contributed by atoms with E-state index in [1.54, 1.807) is 0 Å². The van der Waals surface area contributed by atoms with Crippen LogP contribution in [0.2, 0.25) is 0 Å². The molecular weight excluding hydrogens is 206 g/mol. The monoisotopic (exact) mass is 210 g/mol. The molecule has 0 radical (unpaired) electrons. The van der Waals surface area contributed by atoms with Gasteiger partial charge in [-0.15, -0.1) is 0 Å². The Morgan fingerprint density at radius 2 is 1.75 bits per heavy atom. The maximum Gasteiger partial charge on any atom is 0.426 e. The zero-order chi connectivity index (χ0) is 9.57. The third kappa shape index (κ3) is 1.38. The Balaban J connectivity index is 2.85. The second-order valence-corrected chi connectivity index (χ2v) is 3.62. The number of rotatable bonds is 0. The van der Waals surface area contributed by atoms with Gasteiger partial charge in [0.15, 0.2) is 11.0 Å². The van der Waals surface area contributed by atoms with E-state index in [2.05, 4.69) is 0 Å². The zero-order valence-electron chi connectivity index (χ0n) is 5.54. The molecule has 72 valence electrons. The molecule has 7 heteroatoms. The van der Waals surface area contributed by atoms with Crippen molar-refractivity contribution < 1.29 is 26.3 Å². The van der Waals surface area contributed by atoms with Crippen molar-refractivity contribution in [1.29, 1.82) is 0 Å². The lowest BCUT2D eigenvalue weighted by molar-refractivity contribution is -0.239. The molecule has 1 rings (SSSR count). The quantitative estimate of drug-likeness (QED) is 0.554. The van der Waals surface area contributed by atoms with Crippen LogP contribution in [-0.4, -0.2) is 22.9 Å². The summed E-state index contributed by atoms with van der Waals surface area (Å²) in [5, 5.41) is 0. The minimum atomic E-state index is -5.33. The number of hydrogen-bond donors (Lipinski definition) is 0. The lowest BCUT2D eigenvalue weighted by atomic mass is 10.0. The minimum Gasteiger partial charge on any atom is -0.235 e. The summed E-state index contributed by atoms with van der Waals surface area (Å²) < 4.78 is 72.6. The van der Waals surface area contributed by atoms with E-state index >= 15 is 0 Å². The Morgan fingerprint density at radius 1 is 1.25 bits per heavy atom. The van der Waals surface area contributed by atoms with Gasteiger partial charge in [-0.1, -0.05) is 11.8 Å². The first-order chi connectivity index (χ1) is 5.27. The summed E-state index contributed by atoms with van der Waals surface area (Å²) in [6, 6.07) is 0. The van der Waals surface area contributed by atoms with Crippen molar-refractivity contribution in [1.82, 2.24) is 0 Å². The molecule has 1 aliphatic heterocycles. The molecule has 0 aromatic heterocycles. The SMILES string of the molecule is FC1CC(F)(C(F)(F)F)C(F)S1. The largest absolute Gasteiger partial charge is 0.426 e. The molecule has 0 saturated carbocycles. The van der Waals surface area contributed by atoms with Gasteiger partial charge in [-0.3, -0.25) is 0 Å². The first kappa shape index (κ1) is 10.0. The van der Waals surface area contributed by atoms with Crippen molar-refractivity contribution >= 4 is 11.8 Å². The molecule has 3 unspecified atom stereocenters. The molecule has 0 aromatic rings. The van der Waals surface area contributed by atoms with E-state index in [-0.39, 0.29) is 11.8 Å². The fourth-order valence-corrected chi connectivity index (χ4v) is 1.90. The molecule has 1 aliphatic rings. The van der Waals surface area contributed by atoms with Gasteiger partial charge in [0.2, 0.25) is 5.67 Å². The van der Waals surface area contributed by atoms with Crippen LogP contribution in [-0.2, 0) is 0 Å². The fourth-order valence-electron chi connectivity index (χ4n) is 0.856. The third-order valence-corrected chi connectivity index (χ3v) is 2.63. The Morgan fingerprint density at radius 3 is 1.92 bits per heavy atom. The summed E-state index contributed by atoms with van der Waals surface area (Å²) in [7, 11) is 0. The number of thioether (sulfide) groups is 1. The number of alkyl halides is 6. The maximum absolute atomic E-state index is 12.7. The Labute approximate surface area is 68.3 Å². The lowest BCUT2D eigenvalue weighted by Crippen LogP contribution is -2.44. The fraction of sp³-hybridized carbons (Fsp3) is 1.00. The maximum atomic E-state index is 12.7. The molecule has 12 heavy (non-hydrogen) atoms. The van der Waals surface area contributed by atoms with E-state index < -0.39 is 29.3 Å². The normalized spacial score (nSPS) is 43.5. The van der Waals surface area contributed by atoms with Crippen LogP contribution in [0.25, 0.3) is 0 Å². The van der Waals surface area contributed by atoms with E-state index in [9.17, 15) is 26.3 Å². The summed E-state index contributed by atoms with van der Waals surface area (Å²) in [5.41, 5.74) is -8.99. The summed E-state index contributed by atoms with van der Waals surface area (Å²) in [5.74, 6) is 0. The van der Waals surface area contributed by atoms with Gasteiger partial charge in [-0.05, 0) is 0 Å². The van der Waals surface area contributed by atoms with E-state index in [0.29, 0.717) is 0 Å². The van der Waals surface area contributed by atoms with Crippen LogP contribution in [0.3, 0.4) is 0 Å². The molecule has 1 saturated heterocycles. The molecule has 1 heterocycles. The van der Waals surface area contributed by atoms with Crippen LogP contribution in [0.4, 0.5) is 26.3 Å². The second kappa shape index (κ2) is 2.71. The lowest BCUT2D eigenvalue weighted by Gasteiger charge is -2.23. The molecule has 0 spiro atoms. The van der Waals surface area contributed by atoms with Gasteiger partial charge in [0.1, 0.15) is 0 Å². The Kier molecular flexibility index (Phi) is 2.26. The van der Waals surface area contributed by atoms with Crippen molar-refractivity contribution in [3.63, 3.8) is 0 Å². The summed E-state index contributed by atoms with van der Waals surface area (Å²) in [6.07, 6.45) is -6.79. The van der Waals surface area contributed by atoms with E-state index in [1.807, 2.05) is 0 Å². The first-order valence-electron chi connectivity index (χ1n) is 2.96. The Bertz CT molecular complexity index is 179. The van der Waals surface area contributed by atoms with E-state index in [1.165, 1.54) is 0 Å². The smallest absolute Gasteiger partial charge is 0.235 e. The van der Waals surface area contributed by atoms with Crippen molar-refractivity contribution in [3.8, 4) is 0 Å². The Hall–Kier alpha value is -0.0700. The van der Waals surface area contributed by atoms with Crippen LogP contribution in [0, 0.1) is 0 Å². The molecule has 0 nitrogen and oxygen atoms in total. The number of halogens is 6. The first-order valence-corrected chi connectivity index (χ1v) is 3.91. The average Bonchev–Trinajstić information content (AvgIpc) is 2.06. The van der Waals surface area contributed by atoms with Crippen molar-refractivity contribution in [3.05, 3.63) is 0 Å². The predicted molar refractivity (Wildman–Crippen MR) is 31.9 cm³/mol. The molecule has 0 aliphatic carbocycles. The highest BCUT2D eigenvalue weighted by atomic mass is 32.2. The average molecular weight is 210 g/mol. The summed E-state index contributed by atoms with van der Waals surface area (Å²) >= 11 is -0.274. The second-order valence-electron chi connectivity index (χ2n) is 2.43. The standard InChI is InChI=1S/C5H4F6S/c6-2-1-4(8,3(7)12-2)5(9,10)11/h2-3H,1H2. The third-order valence-electron chi connectivity index (χ3n) is 1.56. The van der Waals surface area contributed by atoms with Gasteiger partial charge in [0.25, 0.3) is 0 Å². The highest BCUT2D eigenvalue weighted by Crippen LogP contribution is 2.53. The zero-order valence-corrected chi connectivity index (χ0v) is 6.35. The van der Waals surface area contributed by atoms with Gasteiger partial charge < -0.3 is 0 Å². The molecule has 1 fully saturated rings. The van der Waals surface area contributed by atoms with Crippen LogP contribution < -0.4 is 0 Å². The molecule has 0 amide bonds. The minimum absolute atomic E-state index is 0.274. The van der Waals surface area contributed by atoms with Gasteiger partial charge in [-0.25, -0.2) is 13.2 Å². The topological polar surface area (TPSA) is 0 Å². The van der Waals surface area contributed by atoms with Crippen LogP contribution >= 0.6 is 11.8 Å². The highest BCUT2D eigenvalue weighted by molar-refractivity contribution is 8.00. The predicted octanol–water partition coefficient (Wildman–Crippen LogP) is 2.99. The summed E-state index contributed by atoms with van der Waals surface area (Å²) in [6.45, 7) is 0. The molecule has 3 atom stereocenters. The van der Waals surface area contributed by atoms with Crippen molar-refractivity contribution in [2.75, 3.05) is 0 Å². The molecule has 0 bridgehead atoms. The number of hydrogen-bond acceptors (Lipinski definition) is 1. The van der Waals surface area contributed by atoms with Crippen LogP contribution in [0.15, 0.2) is 0 Å². The van der Waals surface area contributed by atoms with Gasteiger partial charge >= 0.3 is 6.18 Å². The highest BCUT2D eigenvalue weighted by Gasteiger charge is 2.66.